The highest BCUT2D eigenvalue weighted by atomic mass is 35.5. The number of aliphatic hydroxyl groups excluding tert-OH is 1. The van der Waals surface area contributed by atoms with Crippen molar-refractivity contribution < 1.29 is 9.84 Å². The molecular formula is C16H24ClNO2. The summed E-state index contributed by atoms with van der Waals surface area (Å²) in [5.41, 5.74) is 0.894. The summed E-state index contributed by atoms with van der Waals surface area (Å²) in [6, 6.07) is 7.47. The third-order valence-corrected chi connectivity index (χ3v) is 4.12. The van der Waals surface area contributed by atoms with Gasteiger partial charge in [0, 0.05) is 24.7 Å². The number of ether oxygens (including phenoxy) is 1. The van der Waals surface area contributed by atoms with E-state index in [1.165, 1.54) is 6.42 Å². The Labute approximate surface area is 126 Å². The Morgan fingerprint density at radius 1 is 1.50 bits per heavy atom. The highest BCUT2D eigenvalue weighted by Gasteiger charge is 2.19. The molecule has 0 amide bonds. The molecule has 1 heterocycles. The van der Waals surface area contributed by atoms with Crippen LogP contribution < -0.4 is 0 Å². The van der Waals surface area contributed by atoms with Gasteiger partial charge in [-0.15, -0.1) is 0 Å². The van der Waals surface area contributed by atoms with Gasteiger partial charge in [0.25, 0.3) is 0 Å². The van der Waals surface area contributed by atoms with Crippen molar-refractivity contribution in [3.8, 4) is 0 Å². The van der Waals surface area contributed by atoms with E-state index in [0.29, 0.717) is 11.1 Å². The van der Waals surface area contributed by atoms with E-state index in [0.717, 1.165) is 44.6 Å². The van der Waals surface area contributed by atoms with Crippen LogP contribution >= 0.6 is 11.6 Å². The molecule has 0 bridgehead atoms. The Kier molecular flexibility index (Phi) is 6.30. The largest absolute Gasteiger partial charge is 0.388 e. The first-order valence-corrected chi connectivity index (χ1v) is 7.84. The lowest BCUT2D eigenvalue weighted by Gasteiger charge is -2.24. The first kappa shape index (κ1) is 15.8. The fourth-order valence-electron chi connectivity index (χ4n) is 2.64. The molecule has 1 aromatic rings. The predicted molar refractivity (Wildman–Crippen MR) is 82.1 cm³/mol. The van der Waals surface area contributed by atoms with Gasteiger partial charge in [0.05, 0.1) is 12.2 Å². The van der Waals surface area contributed by atoms with Crippen molar-refractivity contribution in [3.63, 3.8) is 0 Å². The van der Waals surface area contributed by atoms with Crippen molar-refractivity contribution in [3.05, 3.63) is 34.9 Å². The van der Waals surface area contributed by atoms with Gasteiger partial charge < -0.3 is 14.7 Å². The van der Waals surface area contributed by atoms with Gasteiger partial charge in [-0.25, -0.2) is 0 Å². The van der Waals surface area contributed by atoms with Gasteiger partial charge in [-0.1, -0.05) is 30.7 Å². The Bertz CT molecular complexity index is 407. The summed E-state index contributed by atoms with van der Waals surface area (Å²) in [4.78, 5) is 2.35. The third-order valence-electron chi connectivity index (χ3n) is 3.89. The van der Waals surface area contributed by atoms with Crippen LogP contribution in [0.3, 0.4) is 0 Å². The van der Waals surface area contributed by atoms with Crippen LogP contribution in [0.4, 0.5) is 0 Å². The van der Waals surface area contributed by atoms with E-state index >= 15 is 0 Å². The lowest BCUT2D eigenvalue weighted by atomic mass is 10.1. The minimum absolute atomic E-state index is 0.373. The van der Waals surface area contributed by atoms with E-state index in [-0.39, 0.29) is 0 Å². The van der Waals surface area contributed by atoms with E-state index in [1.54, 1.807) is 0 Å². The zero-order valence-electron chi connectivity index (χ0n) is 12.1. The SMILES string of the molecule is CCN(CCC(O)c1cccc(Cl)c1)CC1CCCO1. The molecule has 1 aliphatic heterocycles. The molecule has 3 nitrogen and oxygen atoms in total. The molecule has 2 rings (SSSR count). The molecule has 112 valence electrons. The number of halogens is 1. The highest BCUT2D eigenvalue weighted by Crippen LogP contribution is 2.21. The molecule has 0 radical (unpaired) electrons. The standard InChI is InChI=1S/C16H24ClNO2/c1-2-18(12-15-7-4-10-20-15)9-8-16(19)13-5-3-6-14(17)11-13/h3,5-6,11,15-16,19H,2,4,7-10,12H2,1H3. The van der Waals surface area contributed by atoms with Gasteiger partial charge in [0.2, 0.25) is 0 Å². The van der Waals surface area contributed by atoms with Gasteiger partial charge >= 0.3 is 0 Å². The van der Waals surface area contributed by atoms with E-state index < -0.39 is 6.10 Å². The van der Waals surface area contributed by atoms with Gasteiger partial charge in [0.1, 0.15) is 0 Å². The average Bonchev–Trinajstić information content (AvgIpc) is 2.96. The van der Waals surface area contributed by atoms with Gasteiger partial charge in [0.15, 0.2) is 0 Å². The topological polar surface area (TPSA) is 32.7 Å². The summed E-state index contributed by atoms with van der Waals surface area (Å²) in [7, 11) is 0. The first-order valence-electron chi connectivity index (χ1n) is 7.46. The number of rotatable bonds is 7. The average molecular weight is 298 g/mol. The number of nitrogens with zero attached hydrogens (tertiary/aromatic N) is 1. The van der Waals surface area contributed by atoms with Crippen molar-refractivity contribution >= 4 is 11.6 Å². The predicted octanol–water partition coefficient (Wildman–Crippen LogP) is 3.26. The fraction of sp³-hybridized carbons (Fsp3) is 0.625. The van der Waals surface area contributed by atoms with Crippen molar-refractivity contribution in [1.82, 2.24) is 4.90 Å². The zero-order valence-corrected chi connectivity index (χ0v) is 12.9. The number of benzene rings is 1. The van der Waals surface area contributed by atoms with Crippen LogP contribution in [-0.4, -0.2) is 42.4 Å². The molecule has 0 saturated carbocycles. The van der Waals surface area contributed by atoms with Crippen molar-refractivity contribution in [1.29, 1.82) is 0 Å². The van der Waals surface area contributed by atoms with Crippen LogP contribution in [0, 0.1) is 0 Å². The summed E-state index contributed by atoms with van der Waals surface area (Å²) >= 11 is 5.95. The maximum atomic E-state index is 10.2. The Hall–Kier alpha value is -0.610. The van der Waals surface area contributed by atoms with Crippen LogP contribution in [0.5, 0.6) is 0 Å². The number of aliphatic hydroxyl groups is 1. The summed E-state index contributed by atoms with van der Waals surface area (Å²) in [5.74, 6) is 0. The van der Waals surface area contributed by atoms with Gasteiger partial charge in [-0.05, 0) is 43.5 Å². The second-order valence-corrected chi connectivity index (χ2v) is 5.82. The van der Waals surface area contributed by atoms with Crippen LogP contribution in [0.15, 0.2) is 24.3 Å². The van der Waals surface area contributed by atoms with Crippen LogP contribution in [0.1, 0.15) is 37.9 Å². The second kappa shape index (κ2) is 7.99. The summed E-state index contributed by atoms with van der Waals surface area (Å²) in [5, 5.41) is 10.9. The minimum atomic E-state index is -0.452. The molecule has 0 spiro atoms. The molecule has 1 fully saturated rings. The van der Waals surface area contributed by atoms with E-state index in [2.05, 4.69) is 11.8 Å². The molecular weight excluding hydrogens is 274 g/mol. The molecule has 2 unspecified atom stereocenters. The van der Waals surface area contributed by atoms with Crippen LogP contribution in [0.25, 0.3) is 0 Å². The quantitative estimate of drug-likeness (QED) is 0.838. The minimum Gasteiger partial charge on any atom is -0.388 e. The van der Waals surface area contributed by atoms with Gasteiger partial charge in [-0.3, -0.25) is 0 Å². The normalized spacial score (nSPS) is 20.5. The first-order chi connectivity index (χ1) is 9.69. The lowest BCUT2D eigenvalue weighted by molar-refractivity contribution is 0.0669. The number of hydrogen-bond acceptors (Lipinski definition) is 3. The van der Waals surface area contributed by atoms with E-state index in [4.69, 9.17) is 16.3 Å². The molecule has 0 aromatic heterocycles. The van der Waals surface area contributed by atoms with Crippen molar-refractivity contribution in [2.75, 3.05) is 26.2 Å². The second-order valence-electron chi connectivity index (χ2n) is 5.39. The summed E-state index contributed by atoms with van der Waals surface area (Å²) < 4.78 is 5.67. The zero-order chi connectivity index (χ0) is 14.4. The van der Waals surface area contributed by atoms with E-state index in [1.807, 2.05) is 24.3 Å². The molecule has 1 aliphatic rings. The van der Waals surface area contributed by atoms with Crippen LogP contribution in [-0.2, 0) is 4.74 Å². The molecule has 1 aromatic carbocycles. The Morgan fingerprint density at radius 2 is 2.35 bits per heavy atom. The third kappa shape index (κ3) is 4.74. The maximum absolute atomic E-state index is 10.2. The van der Waals surface area contributed by atoms with E-state index in [9.17, 15) is 5.11 Å². The Morgan fingerprint density at radius 3 is 3.00 bits per heavy atom. The van der Waals surface area contributed by atoms with Crippen molar-refractivity contribution in [2.45, 2.75) is 38.4 Å². The van der Waals surface area contributed by atoms with Gasteiger partial charge in [-0.2, -0.15) is 0 Å². The monoisotopic (exact) mass is 297 g/mol. The number of likely N-dealkylation sites (N-methyl/N-ethyl adjacent to an activating group) is 1. The molecule has 2 atom stereocenters. The molecule has 4 heteroatoms. The lowest BCUT2D eigenvalue weighted by Crippen LogP contribution is -2.33. The summed E-state index contributed by atoms with van der Waals surface area (Å²) in [6.45, 7) is 5.89. The summed E-state index contributed by atoms with van der Waals surface area (Å²) in [6.07, 6.45) is 2.98. The van der Waals surface area contributed by atoms with Crippen LogP contribution in [0.2, 0.25) is 5.02 Å². The molecule has 1 N–H and O–H groups in total. The highest BCUT2D eigenvalue weighted by molar-refractivity contribution is 6.30. The van der Waals surface area contributed by atoms with Crippen molar-refractivity contribution in [2.24, 2.45) is 0 Å². The maximum Gasteiger partial charge on any atom is 0.0802 e. The Balaban J connectivity index is 1.79. The molecule has 0 aliphatic carbocycles. The molecule has 1 saturated heterocycles. The smallest absolute Gasteiger partial charge is 0.0802 e. The molecule has 20 heavy (non-hydrogen) atoms. The number of hydrogen-bond donors (Lipinski definition) is 1. The fourth-order valence-corrected chi connectivity index (χ4v) is 2.84.